The molecule has 1 heterocycles. The van der Waals surface area contributed by atoms with Crippen LogP contribution in [-0.4, -0.2) is 96.5 Å². The lowest BCUT2D eigenvalue weighted by Crippen LogP contribution is -2.46. The van der Waals surface area contributed by atoms with Gasteiger partial charge in [-0.1, -0.05) is 0 Å². The SMILES string of the molecule is NCCNCCNCCNCCNCCN1CCNCC1. The Morgan fingerprint density at radius 3 is 1.71 bits per heavy atom. The molecule has 1 saturated heterocycles. The van der Waals surface area contributed by atoms with Crippen molar-refractivity contribution < 1.29 is 0 Å². The minimum Gasteiger partial charge on any atom is -0.329 e. The molecule has 7 nitrogen and oxygen atoms in total. The van der Waals surface area contributed by atoms with Crippen molar-refractivity contribution in [1.82, 2.24) is 31.5 Å². The number of hydrogen-bond donors (Lipinski definition) is 6. The van der Waals surface area contributed by atoms with Gasteiger partial charge in [-0.15, -0.1) is 0 Å². The number of hydrogen-bond acceptors (Lipinski definition) is 7. The van der Waals surface area contributed by atoms with E-state index in [4.69, 9.17) is 5.73 Å². The van der Waals surface area contributed by atoms with Gasteiger partial charge in [-0.05, 0) is 0 Å². The van der Waals surface area contributed by atoms with Crippen LogP contribution < -0.4 is 32.3 Å². The van der Waals surface area contributed by atoms with Crippen molar-refractivity contribution in [3.05, 3.63) is 0 Å². The van der Waals surface area contributed by atoms with Crippen molar-refractivity contribution in [2.45, 2.75) is 0 Å². The Hall–Kier alpha value is -0.280. The lowest BCUT2D eigenvalue weighted by Gasteiger charge is -2.27. The first kappa shape index (κ1) is 18.8. The van der Waals surface area contributed by atoms with E-state index in [2.05, 4.69) is 31.5 Å². The highest BCUT2D eigenvalue weighted by atomic mass is 15.2. The normalized spacial score (nSPS) is 16.4. The number of nitrogens with two attached hydrogens (primary N) is 1. The van der Waals surface area contributed by atoms with Crippen molar-refractivity contribution >= 4 is 0 Å². The van der Waals surface area contributed by atoms with Gasteiger partial charge in [0.05, 0.1) is 0 Å². The largest absolute Gasteiger partial charge is 0.329 e. The van der Waals surface area contributed by atoms with Gasteiger partial charge < -0.3 is 32.3 Å². The van der Waals surface area contributed by atoms with Crippen LogP contribution in [0, 0.1) is 0 Å². The topological polar surface area (TPSA) is 89.4 Å². The first-order valence-electron chi connectivity index (χ1n) is 8.39. The zero-order chi connectivity index (χ0) is 15.0. The first-order chi connectivity index (χ1) is 10.4. The summed E-state index contributed by atoms with van der Waals surface area (Å²) < 4.78 is 0. The fourth-order valence-corrected chi connectivity index (χ4v) is 2.30. The van der Waals surface area contributed by atoms with Crippen LogP contribution in [0.1, 0.15) is 0 Å². The van der Waals surface area contributed by atoms with Gasteiger partial charge in [0.1, 0.15) is 0 Å². The molecule has 1 rings (SSSR count). The molecule has 126 valence electrons. The summed E-state index contributed by atoms with van der Waals surface area (Å²) >= 11 is 0. The van der Waals surface area contributed by atoms with Crippen LogP contribution in [0.4, 0.5) is 0 Å². The number of piperazine rings is 1. The molecule has 1 aliphatic rings. The monoisotopic (exact) mass is 301 g/mol. The molecular formula is C14H35N7. The molecule has 1 fully saturated rings. The van der Waals surface area contributed by atoms with E-state index in [1.165, 1.54) is 19.6 Å². The van der Waals surface area contributed by atoms with Crippen LogP contribution in [0.2, 0.25) is 0 Å². The molecule has 0 amide bonds. The summed E-state index contributed by atoms with van der Waals surface area (Å²) in [5, 5.41) is 17.0. The Labute approximate surface area is 129 Å². The lowest BCUT2D eigenvalue weighted by atomic mass is 10.3. The molecular weight excluding hydrogens is 266 g/mol. The Kier molecular flexibility index (Phi) is 13.1. The maximum Gasteiger partial charge on any atom is 0.0108 e. The third-order valence-electron chi connectivity index (χ3n) is 3.57. The minimum atomic E-state index is 0.712. The molecule has 7 N–H and O–H groups in total. The summed E-state index contributed by atoms with van der Waals surface area (Å²) in [6.45, 7) is 14.6. The number of nitrogens with zero attached hydrogens (tertiary/aromatic N) is 1. The van der Waals surface area contributed by atoms with Gasteiger partial charge in [-0.25, -0.2) is 0 Å². The van der Waals surface area contributed by atoms with Crippen LogP contribution in [0.25, 0.3) is 0 Å². The van der Waals surface area contributed by atoms with Gasteiger partial charge in [-0.3, -0.25) is 4.90 Å². The second-order valence-corrected chi connectivity index (χ2v) is 5.38. The first-order valence-corrected chi connectivity index (χ1v) is 8.39. The van der Waals surface area contributed by atoms with Crippen molar-refractivity contribution in [1.29, 1.82) is 0 Å². The molecule has 0 bridgehead atoms. The molecule has 1 aliphatic heterocycles. The summed E-state index contributed by atoms with van der Waals surface area (Å²) in [7, 11) is 0. The smallest absolute Gasteiger partial charge is 0.0108 e. The van der Waals surface area contributed by atoms with Crippen molar-refractivity contribution in [2.75, 3.05) is 91.6 Å². The van der Waals surface area contributed by atoms with Gasteiger partial charge in [0, 0.05) is 91.6 Å². The second kappa shape index (κ2) is 14.6. The van der Waals surface area contributed by atoms with E-state index < -0.39 is 0 Å². The average molecular weight is 301 g/mol. The van der Waals surface area contributed by atoms with Crippen molar-refractivity contribution in [3.63, 3.8) is 0 Å². The standard InChI is InChI=1S/C14H35N7/c15-1-2-16-3-4-17-5-6-18-7-8-19-9-12-21-13-10-20-11-14-21/h16-20H,1-15H2. The average Bonchev–Trinajstić information content (AvgIpc) is 2.53. The summed E-state index contributed by atoms with van der Waals surface area (Å²) in [4.78, 5) is 2.51. The summed E-state index contributed by atoms with van der Waals surface area (Å²) in [5.74, 6) is 0. The number of rotatable bonds is 14. The summed E-state index contributed by atoms with van der Waals surface area (Å²) in [6.07, 6.45) is 0. The molecule has 0 spiro atoms. The molecule has 0 unspecified atom stereocenters. The van der Waals surface area contributed by atoms with E-state index in [1.807, 2.05) is 0 Å². The summed E-state index contributed by atoms with van der Waals surface area (Å²) in [6, 6.07) is 0. The Morgan fingerprint density at radius 2 is 1.19 bits per heavy atom. The zero-order valence-corrected chi connectivity index (χ0v) is 13.4. The fourth-order valence-electron chi connectivity index (χ4n) is 2.30. The summed E-state index contributed by atoms with van der Waals surface area (Å²) in [5.41, 5.74) is 5.40. The predicted molar refractivity (Wildman–Crippen MR) is 89.8 cm³/mol. The van der Waals surface area contributed by atoms with Gasteiger partial charge in [0.2, 0.25) is 0 Å². The van der Waals surface area contributed by atoms with Crippen LogP contribution in [0.5, 0.6) is 0 Å². The van der Waals surface area contributed by atoms with Crippen LogP contribution in [-0.2, 0) is 0 Å². The van der Waals surface area contributed by atoms with Gasteiger partial charge in [0.25, 0.3) is 0 Å². The molecule has 7 heteroatoms. The van der Waals surface area contributed by atoms with Gasteiger partial charge in [-0.2, -0.15) is 0 Å². The highest BCUT2D eigenvalue weighted by Gasteiger charge is 2.07. The Bertz CT molecular complexity index is 209. The molecule has 0 atom stereocenters. The molecule has 0 aromatic carbocycles. The molecule has 0 radical (unpaired) electrons. The van der Waals surface area contributed by atoms with Crippen LogP contribution in [0.3, 0.4) is 0 Å². The zero-order valence-electron chi connectivity index (χ0n) is 13.4. The van der Waals surface area contributed by atoms with E-state index in [1.54, 1.807) is 0 Å². The molecule has 0 saturated carbocycles. The minimum absolute atomic E-state index is 0.712. The number of nitrogens with one attached hydrogen (secondary N) is 5. The van der Waals surface area contributed by atoms with E-state index in [0.29, 0.717) is 6.54 Å². The maximum absolute atomic E-state index is 5.40. The van der Waals surface area contributed by atoms with Gasteiger partial charge >= 0.3 is 0 Å². The molecule has 21 heavy (non-hydrogen) atoms. The lowest BCUT2D eigenvalue weighted by molar-refractivity contribution is 0.241. The van der Waals surface area contributed by atoms with E-state index in [-0.39, 0.29) is 0 Å². The highest BCUT2D eigenvalue weighted by molar-refractivity contribution is 4.68. The van der Waals surface area contributed by atoms with Crippen molar-refractivity contribution in [3.8, 4) is 0 Å². The van der Waals surface area contributed by atoms with E-state index in [0.717, 1.165) is 65.4 Å². The maximum atomic E-state index is 5.40. The fraction of sp³-hybridized carbons (Fsp3) is 1.00. The highest BCUT2D eigenvalue weighted by Crippen LogP contribution is 1.89. The van der Waals surface area contributed by atoms with Crippen molar-refractivity contribution in [2.24, 2.45) is 5.73 Å². The van der Waals surface area contributed by atoms with E-state index in [9.17, 15) is 0 Å². The van der Waals surface area contributed by atoms with E-state index >= 15 is 0 Å². The predicted octanol–water partition coefficient (Wildman–Crippen LogP) is -2.79. The van der Waals surface area contributed by atoms with Gasteiger partial charge in [0.15, 0.2) is 0 Å². The third kappa shape index (κ3) is 12.0. The quantitative estimate of drug-likeness (QED) is 0.193. The third-order valence-corrected chi connectivity index (χ3v) is 3.57. The Morgan fingerprint density at radius 1 is 0.714 bits per heavy atom. The molecule has 0 aliphatic carbocycles. The molecule has 0 aromatic rings. The molecule has 0 aromatic heterocycles. The Balaban J connectivity index is 1.69. The second-order valence-electron chi connectivity index (χ2n) is 5.38. The van der Waals surface area contributed by atoms with Crippen LogP contribution in [0.15, 0.2) is 0 Å². The van der Waals surface area contributed by atoms with Crippen LogP contribution >= 0.6 is 0 Å².